The van der Waals surface area contributed by atoms with Crippen molar-refractivity contribution in [1.82, 2.24) is 10.2 Å². The average Bonchev–Trinajstić information content (AvgIpc) is 2.98. The molecule has 0 fully saturated rings. The predicted molar refractivity (Wildman–Crippen MR) is 88.9 cm³/mol. The molecule has 3 rings (SSSR count). The fourth-order valence-corrected chi connectivity index (χ4v) is 2.57. The maximum atomic E-state index is 5.65. The molecule has 0 aliphatic carbocycles. The molecule has 0 radical (unpaired) electrons. The van der Waals surface area contributed by atoms with Crippen molar-refractivity contribution >= 4 is 37.5 Å². The lowest BCUT2D eigenvalue weighted by atomic mass is 10.2. The summed E-state index contributed by atoms with van der Waals surface area (Å²) < 4.78 is 7.63. The van der Waals surface area contributed by atoms with E-state index in [1.807, 2.05) is 48.5 Å². The van der Waals surface area contributed by atoms with Gasteiger partial charge in [0.15, 0.2) is 0 Å². The standard InChI is InChI=1S/C15H11Br2N3O/c16-11-6-7-12(17)13(8-11)18-9-14-19-20-15(21-14)10-4-2-1-3-5-10/h1-8,18H,9H2. The fraction of sp³-hybridized carbons (Fsp3) is 0.0667. The van der Waals surface area contributed by atoms with Gasteiger partial charge in [0.2, 0.25) is 11.8 Å². The molecule has 0 spiro atoms. The monoisotopic (exact) mass is 407 g/mol. The Bertz CT molecular complexity index is 744. The molecule has 6 heteroatoms. The highest BCUT2D eigenvalue weighted by atomic mass is 79.9. The third-order valence-corrected chi connectivity index (χ3v) is 4.03. The zero-order valence-corrected chi connectivity index (χ0v) is 14.1. The van der Waals surface area contributed by atoms with Crippen molar-refractivity contribution in [1.29, 1.82) is 0 Å². The molecule has 0 bridgehead atoms. The van der Waals surface area contributed by atoms with Gasteiger partial charge in [-0.2, -0.15) is 0 Å². The molecule has 3 aromatic rings. The van der Waals surface area contributed by atoms with E-state index >= 15 is 0 Å². The van der Waals surface area contributed by atoms with Crippen LogP contribution in [0.5, 0.6) is 0 Å². The Morgan fingerprint density at radius 1 is 1.00 bits per heavy atom. The van der Waals surface area contributed by atoms with Crippen molar-refractivity contribution in [3.63, 3.8) is 0 Å². The van der Waals surface area contributed by atoms with Gasteiger partial charge in [0.25, 0.3) is 0 Å². The van der Waals surface area contributed by atoms with Gasteiger partial charge in [0.1, 0.15) is 0 Å². The molecular formula is C15H11Br2N3O. The SMILES string of the molecule is Brc1ccc(Br)c(NCc2nnc(-c3ccccc3)o2)c1. The zero-order valence-electron chi connectivity index (χ0n) is 10.9. The smallest absolute Gasteiger partial charge is 0.247 e. The summed E-state index contributed by atoms with van der Waals surface area (Å²) in [7, 11) is 0. The number of aromatic nitrogens is 2. The topological polar surface area (TPSA) is 51.0 Å². The Hall–Kier alpha value is -1.66. The Morgan fingerprint density at radius 3 is 2.62 bits per heavy atom. The van der Waals surface area contributed by atoms with Crippen molar-refractivity contribution < 1.29 is 4.42 Å². The molecule has 1 N–H and O–H groups in total. The zero-order chi connectivity index (χ0) is 14.7. The van der Waals surface area contributed by atoms with Crippen LogP contribution >= 0.6 is 31.9 Å². The van der Waals surface area contributed by atoms with Gasteiger partial charge in [0.05, 0.1) is 6.54 Å². The van der Waals surface area contributed by atoms with Gasteiger partial charge < -0.3 is 9.73 Å². The molecule has 0 unspecified atom stereocenters. The van der Waals surface area contributed by atoms with E-state index in [0.29, 0.717) is 18.3 Å². The number of halogens is 2. The molecule has 21 heavy (non-hydrogen) atoms. The number of anilines is 1. The second kappa shape index (κ2) is 6.41. The van der Waals surface area contributed by atoms with Gasteiger partial charge in [-0.15, -0.1) is 10.2 Å². The first kappa shape index (κ1) is 14.3. The number of hydrogen-bond donors (Lipinski definition) is 1. The lowest BCUT2D eigenvalue weighted by Gasteiger charge is -2.06. The van der Waals surface area contributed by atoms with E-state index in [4.69, 9.17) is 4.42 Å². The summed E-state index contributed by atoms with van der Waals surface area (Å²) >= 11 is 6.94. The molecule has 0 atom stereocenters. The minimum absolute atomic E-state index is 0.467. The summed E-state index contributed by atoms with van der Waals surface area (Å²) in [5.41, 5.74) is 1.88. The summed E-state index contributed by atoms with van der Waals surface area (Å²) in [6.07, 6.45) is 0. The van der Waals surface area contributed by atoms with Crippen LogP contribution in [-0.2, 0) is 6.54 Å². The molecule has 0 saturated heterocycles. The molecule has 106 valence electrons. The fourth-order valence-electron chi connectivity index (χ4n) is 1.83. The highest BCUT2D eigenvalue weighted by molar-refractivity contribution is 9.11. The number of hydrogen-bond acceptors (Lipinski definition) is 4. The van der Waals surface area contributed by atoms with Crippen LogP contribution in [-0.4, -0.2) is 10.2 Å². The number of nitrogens with one attached hydrogen (secondary N) is 1. The highest BCUT2D eigenvalue weighted by Crippen LogP contribution is 2.26. The second-order valence-corrected chi connectivity index (χ2v) is 6.11. The first-order valence-electron chi connectivity index (χ1n) is 6.29. The summed E-state index contributed by atoms with van der Waals surface area (Å²) in [5, 5.41) is 11.4. The molecule has 0 aliphatic rings. The minimum Gasteiger partial charge on any atom is -0.419 e. The second-order valence-electron chi connectivity index (χ2n) is 4.34. The molecule has 1 heterocycles. The van der Waals surface area contributed by atoms with Crippen LogP contribution in [0.3, 0.4) is 0 Å². The van der Waals surface area contributed by atoms with Crippen LogP contribution in [0.2, 0.25) is 0 Å². The quantitative estimate of drug-likeness (QED) is 0.668. The minimum atomic E-state index is 0.467. The lowest BCUT2D eigenvalue weighted by molar-refractivity contribution is 0.515. The average molecular weight is 409 g/mol. The van der Waals surface area contributed by atoms with E-state index < -0.39 is 0 Å². The summed E-state index contributed by atoms with van der Waals surface area (Å²) in [6, 6.07) is 15.6. The molecular weight excluding hydrogens is 398 g/mol. The normalized spacial score (nSPS) is 10.6. The van der Waals surface area contributed by atoms with Gasteiger partial charge in [-0.3, -0.25) is 0 Å². The van der Waals surface area contributed by atoms with Crippen molar-refractivity contribution in [3.05, 3.63) is 63.4 Å². The van der Waals surface area contributed by atoms with E-state index in [2.05, 4.69) is 47.4 Å². The van der Waals surface area contributed by atoms with Crippen molar-refractivity contribution in [3.8, 4) is 11.5 Å². The van der Waals surface area contributed by atoms with E-state index in [9.17, 15) is 0 Å². The van der Waals surface area contributed by atoms with Gasteiger partial charge in [-0.25, -0.2) is 0 Å². The largest absolute Gasteiger partial charge is 0.419 e. The Morgan fingerprint density at radius 2 is 1.81 bits per heavy atom. The summed E-state index contributed by atoms with van der Waals surface area (Å²) in [4.78, 5) is 0. The molecule has 0 aliphatic heterocycles. The molecule has 0 amide bonds. The summed E-state index contributed by atoms with van der Waals surface area (Å²) in [6.45, 7) is 0.467. The van der Waals surface area contributed by atoms with Crippen LogP contribution in [0.15, 0.2) is 61.9 Å². The van der Waals surface area contributed by atoms with Crippen LogP contribution in [0.25, 0.3) is 11.5 Å². The Balaban J connectivity index is 1.72. The van der Waals surface area contributed by atoms with Crippen LogP contribution < -0.4 is 5.32 Å². The third kappa shape index (κ3) is 3.51. The van der Waals surface area contributed by atoms with Gasteiger partial charge in [-0.1, -0.05) is 34.1 Å². The summed E-state index contributed by atoms with van der Waals surface area (Å²) in [5.74, 6) is 1.07. The van der Waals surface area contributed by atoms with E-state index in [1.54, 1.807) is 0 Å². The number of rotatable bonds is 4. The molecule has 4 nitrogen and oxygen atoms in total. The molecule has 2 aromatic carbocycles. The van der Waals surface area contributed by atoms with Crippen molar-refractivity contribution in [2.75, 3.05) is 5.32 Å². The van der Waals surface area contributed by atoms with Crippen LogP contribution in [0, 0.1) is 0 Å². The van der Waals surface area contributed by atoms with E-state index in [0.717, 1.165) is 20.2 Å². The number of nitrogens with zero attached hydrogens (tertiary/aromatic N) is 2. The number of benzene rings is 2. The van der Waals surface area contributed by atoms with E-state index in [-0.39, 0.29) is 0 Å². The van der Waals surface area contributed by atoms with E-state index in [1.165, 1.54) is 0 Å². The van der Waals surface area contributed by atoms with Gasteiger partial charge in [0, 0.05) is 20.2 Å². The van der Waals surface area contributed by atoms with Crippen molar-refractivity contribution in [2.24, 2.45) is 0 Å². The van der Waals surface area contributed by atoms with Crippen LogP contribution in [0.1, 0.15) is 5.89 Å². The third-order valence-electron chi connectivity index (χ3n) is 2.85. The van der Waals surface area contributed by atoms with Crippen molar-refractivity contribution in [2.45, 2.75) is 6.54 Å². The maximum Gasteiger partial charge on any atom is 0.247 e. The van der Waals surface area contributed by atoms with Gasteiger partial charge in [-0.05, 0) is 46.3 Å². The van der Waals surface area contributed by atoms with Gasteiger partial charge >= 0.3 is 0 Å². The Labute approximate surface area is 138 Å². The predicted octanol–water partition coefficient (Wildman–Crippen LogP) is 4.87. The maximum absolute atomic E-state index is 5.65. The Kier molecular flexibility index (Phi) is 4.36. The highest BCUT2D eigenvalue weighted by Gasteiger charge is 2.08. The first-order chi connectivity index (χ1) is 10.2. The molecule has 1 aromatic heterocycles. The first-order valence-corrected chi connectivity index (χ1v) is 7.88. The van der Waals surface area contributed by atoms with Crippen LogP contribution in [0.4, 0.5) is 5.69 Å². The lowest BCUT2D eigenvalue weighted by Crippen LogP contribution is -2.00. The molecule has 0 saturated carbocycles.